The molecule has 0 spiro atoms. The van der Waals surface area contributed by atoms with Gasteiger partial charge < -0.3 is 5.32 Å². The molecule has 0 aliphatic carbocycles. The predicted molar refractivity (Wildman–Crippen MR) is 90.9 cm³/mol. The standard InChI is InChI=1S/C17H22N6O/c1-17(2,3)13-11-12(22(4)21-13)16(24)18-9-8-15-20-19-14-7-5-6-10-23(14)15/h5-7,10-11H,8-9H2,1-4H3,(H,18,24). The number of aryl methyl sites for hydroxylation is 1. The van der Waals surface area contributed by atoms with Crippen LogP contribution >= 0.6 is 0 Å². The van der Waals surface area contributed by atoms with Gasteiger partial charge in [0.25, 0.3) is 5.91 Å². The Balaban J connectivity index is 1.65. The molecule has 3 aromatic heterocycles. The maximum absolute atomic E-state index is 12.4. The molecule has 0 radical (unpaired) electrons. The summed E-state index contributed by atoms with van der Waals surface area (Å²) in [6.07, 6.45) is 2.53. The van der Waals surface area contributed by atoms with Crippen LogP contribution in [0.1, 0.15) is 42.8 Å². The summed E-state index contributed by atoms with van der Waals surface area (Å²) < 4.78 is 3.55. The molecular formula is C17H22N6O. The van der Waals surface area contributed by atoms with E-state index in [1.165, 1.54) is 0 Å². The Morgan fingerprint density at radius 1 is 1.25 bits per heavy atom. The van der Waals surface area contributed by atoms with E-state index in [9.17, 15) is 4.79 Å². The largest absolute Gasteiger partial charge is 0.350 e. The van der Waals surface area contributed by atoms with Crippen LogP contribution in [0.3, 0.4) is 0 Å². The minimum absolute atomic E-state index is 0.0866. The molecule has 126 valence electrons. The molecule has 0 unspecified atom stereocenters. The normalized spacial score (nSPS) is 11.8. The molecule has 0 aromatic carbocycles. The fourth-order valence-electron chi connectivity index (χ4n) is 2.49. The third-order valence-electron chi connectivity index (χ3n) is 3.90. The van der Waals surface area contributed by atoms with Crippen molar-refractivity contribution in [2.24, 2.45) is 7.05 Å². The Labute approximate surface area is 140 Å². The van der Waals surface area contributed by atoms with Gasteiger partial charge in [0.1, 0.15) is 11.5 Å². The van der Waals surface area contributed by atoms with Gasteiger partial charge in [-0.05, 0) is 18.2 Å². The van der Waals surface area contributed by atoms with Gasteiger partial charge in [-0.1, -0.05) is 26.8 Å². The predicted octanol–water partition coefficient (Wildman–Crippen LogP) is 1.73. The molecule has 0 bridgehead atoms. The van der Waals surface area contributed by atoms with Gasteiger partial charge in [0, 0.05) is 31.6 Å². The van der Waals surface area contributed by atoms with Crippen LogP contribution in [0.2, 0.25) is 0 Å². The van der Waals surface area contributed by atoms with Crippen molar-refractivity contribution in [1.29, 1.82) is 0 Å². The molecule has 24 heavy (non-hydrogen) atoms. The fourth-order valence-corrected chi connectivity index (χ4v) is 2.49. The number of carbonyl (C=O) groups excluding carboxylic acids is 1. The highest BCUT2D eigenvalue weighted by Gasteiger charge is 2.21. The zero-order valence-corrected chi connectivity index (χ0v) is 14.4. The minimum atomic E-state index is -0.130. The Morgan fingerprint density at radius 2 is 2.04 bits per heavy atom. The Kier molecular flexibility index (Phi) is 4.09. The van der Waals surface area contributed by atoms with Crippen molar-refractivity contribution >= 4 is 11.6 Å². The first-order valence-electron chi connectivity index (χ1n) is 7.97. The van der Waals surface area contributed by atoms with Crippen molar-refractivity contribution in [1.82, 2.24) is 29.7 Å². The van der Waals surface area contributed by atoms with Crippen LogP contribution in [0.5, 0.6) is 0 Å². The van der Waals surface area contributed by atoms with Gasteiger partial charge >= 0.3 is 0 Å². The van der Waals surface area contributed by atoms with Crippen LogP contribution in [0.4, 0.5) is 0 Å². The average Bonchev–Trinajstić information content (AvgIpc) is 3.11. The van der Waals surface area contributed by atoms with Crippen LogP contribution in [-0.4, -0.2) is 36.8 Å². The minimum Gasteiger partial charge on any atom is -0.350 e. The molecular weight excluding hydrogens is 304 g/mol. The Hall–Kier alpha value is -2.70. The van der Waals surface area contributed by atoms with Crippen molar-refractivity contribution in [2.75, 3.05) is 6.54 Å². The second-order valence-corrected chi connectivity index (χ2v) is 6.84. The molecule has 0 fully saturated rings. The summed E-state index contributed by atoms with van der Waals surface area (Å²) in [5.41, 5.74) is 2.18. The maximum atomic E-state index is 12.4. The van der Waals surface area contributed by atoms with E-state index in [4.69, 9.17) is 0 Å². The summed E-state index contributed by atoms with van der Waals surface area (Å²) in [6.45, 7) is 6.72. The average molecular weight is 326 g/mol. The lowest BCUT2D eigenvalue weighted by molar-refractivity contribution is 0.0944. The lowest BCUT2D eigenvalue weighted by atomic mass is 9.92. The summed E-state index contributed by atoms with van der Waals surface area (Å²) >= 11 is 0. The second-order valence-electron chi connectivity index (χ2n) is 6.84. The number of aromatic nitrogens is 5. The van der Waals surface area contributed by atoms with E-state index in [1.807, 2.05) is 34.9 Å². The van der Waals surface area contributed by atoms with Crippen LogP contribution in [-0.2, 0) is 18.9 Å². The number of fused-ring (bicyclic) bond motifs is 1. The number of rotatable bonds is 4. The molecule has 7 heteroatoms. The van der Waals surface area contributed by atoms with Gasteiger partial charge in [0.05, 0.1) is 5.69 Å². The molecule has 1 amide bonds. The summed E-state index contributed by atoms with van der Waals surface area (Å²) in [6, 6.07) is 7.60. The van der Waals surface area contributed by atoms with E-state index in [2.05, 4.69) is 41.4 Å². The maximum Gasteiger partial charge on any atom is 0.269 e. The molecule has 1 N–H and O–H groups in total. The van der Waals surface area contributed by atoms with Crippen LogP contribution in [0.25, 0.3) is 5.65 Å². The number of carbonyl (C=O) groups is 1. The summed E-state index contributed by atoms with van der Waals surface area (Å²) in [5, 5.41) is 15.6. The topological polar surface area (TPSA) is 77.1 Å². The Morgan fingerprint density at radius 3 is 2.75 bits per heavy atom. The van der Waals surface area contributed by atoms with Gasteiger partial charge in [-0.3, -0.25) is 13.9 Å². The SMILES string of the molecule is Cn1nc(C(C)(C)C)cc1C(=O)NCCc1nnc2ccccn12. The van der Waals surface area contributed by atoms with Crippen molar-refractivity contribution in [3.8, 4) is 0 Å². The van der Waals surface area contributed by atoms with Gasteiger partial charge in [-0.25, -0.2) is 0 Å². The first kappa shape index (κ1) is 16.2. The third kappa shape index (κ3) is 3.15. The number of amides is 1. The molecule has 0 saturated heterocycles. The van der Waals surface area contributed by atoms with Crippen LogP contribution in [0.15, 0.2) is 30.5 Å². The number of nitrogens with one attached hydrogen (secondary N) is 1. The molecule has 7 nitrogen and oxygen atoms in total. The van der Waals surface area contributed by atoms with E-state index in [0.717, 1.165) is 17.2 Å². The lowest BCUT2D eigenvalue weighted by Crippen LogP contribution is -2.28. The van der Waals surface area contributed by atoms with Gasteiger partial charge in [0.2, 0.25) is 0 Å². The highest BCUT2D eigenvalue weighted by Crippen LogP contribution is 2.21. The fraction of sp³-hybridized carbons (Fsp3) is 0.412. The summed E-state index contributed by atoms with van der Waals surface area (Å²) in [4.78, 5) is 12.4. The third-order valence-corrected chi connectivity index (χ3v) is 3.90. The molecule has 0 atom stereocenters. The van der Waals surface area contributed by atoms with Gasteiger partial charge in [-0.15, -0.1) is 10.2 Å². The molecule has 3 rings (SSSR count). The smallest absolute Gasteiger partial charge is 0.269 e. The molecule has 3 aromatic rings. The number of pyridine rings is 1. The monoisotopic (exact) mass is 326 g/mol. The second kappa shape index (κ2) is 6.07. The molecule has 3 heterocycles. The molecule has 0 aliphatic heterocycles. The van der Waals surface area contributed by atoms with E-state index >= 15 is 0 Å². The number of hydrogen-bond donors (Lipinski definition) is 1. The molecule has 0 aliphatic rings. The van der Waals surface area contributed by atoms with E-state index in [1.54, 1.807) is 11.7 Å². The Bertz CT molecular complexity index is 871. The molecule has 0 saturated carbocycles. The van der Waals surface area contributed by atoms with Gasteiger partial charge in [-0.2, -0.15) is 5.10 Å². The first-order valence-corrected chi connectivity index (χ1v) is 7.97. The van der Waals surface area contributed by atoms with Crippen molar-refractivity contribution in [3.63, 3.8) is 0 Å². The van der Waals surface area contributed by atoms with Crippen molar-refractivity contribution in [2.45, 2.75) is 32.6 Å². The lowest BCUT2D eigenvalue weighted by Gasteiger charge is -2.13. The van der Waals surface area contributed by atoms with Crippen molar-refractivity contribution in [3.05, 3.63) is 47.7 Å². The van der Waals surface area contributed by atoms with Crippen LogP contribution < -0.4 is 5.32 Å². The van der Waals surface area contributed by atoms with E-state index < -0.39 is 0 Å². The number of hydrogen-bond acceptors (Lipinski definition) is 4. The van der Waals surface area contributed by atoms with Crippen molar-refractivity contribution < 1.29 is 4.79 Å². The van der Waals surface area contributed by atoms with E-state index in [-0.39, 0.29) is 11.3 Å². The highest BCUT2D eigenvalue weighted by molar-refractivity contribution is 5.92. The first-order chi connectivity index (χ1) is 11.4. The van der Waals surface area contributed by atoms with E-state index in [0.29, 0.717) is 18.7 Å². The summed E-state index contributed by atoms with van der Waals surface area (Å²) in [5.74, 6) is 0.695. The highest BCUT2D eigenvalue weighted by atomic mass is 16.2. The number of nitrogens with zero attached hydrogens (tertiary/aromatic N) is 5. The quantitative estimate of drug-likeness (QED) is 0.792. The zero-order valence-electron chi connectivity index (χ0n) is 14.4. The van der Waals surface area contributed by atoms with Gasteiger partial charge in [0.15, 0.2) is 5.65 Å². The summed E-state index contributed by atoms with van der Waals surface area (Å²) in [7, 11) is 1.79. The zero-order chi connectivity index (χ0) is 17.3. The van der Waals surface area contributed by atoms with Crippen LogP contribution in [0, 0.1) is 0 Å².